The molecule has 1 aromatic heterocycles. The average Bonchev–Trinajstić information content (AvgIpc) is 2.30. The topological polar surface area (TPSA) is 61.6 Å². The number of allylic oxidation sites excluding steroid dienone is 1. The maximum atomic E-state index is 8.57. The normalized spacial score (nSPS) is 11.5. The Hall–Kier alpha value is -1.89. The van der Waals surface area contributed by atoms with Crippen LogP contribution in [0.5, 0.6) is 0 Å². The summed E-state index contributed by atoms with van der Waals surface area (Å²) >= 11 is 0. The van der Waals surface area contributed by atoms with E-state index >= 15 is 0 Å². The highest BCUT2D eigenvalue weighted by Crippen LogP contribution is 2.08. The lowest BCUT2D eigenvalue weighted by Gasteiger charge is -2.13. The van der Waals surface area contributed by atoms with Gasteiger partial charge in [-0.2, -0.15) is 5.26 Å². The molecule has 0 saturated carbocycles. The summed E-state index contributed by atoms with van der Waals surface area (Å²) < 4.78 is 0. The second-order valence-electron chi connectivity index (χ2n) is 3.68. The van der Waals surface area contributed by atoms with Crippen LogP contribution < -0.4 is 5.32 Å². The fourth-order valence-electron chi connectivity index (χ4n) is 1.36. The molecule has 1 unspecified atom stereocenters. The van der Waals surface area contributed by atoms with Crippen molar-refractivity contribution >= 4 is 5.82 Å². The monoisotopic (exact) mass is 216 g/mol. The maximum absolute atomic E-state index is 8.57. The van der Waals surface area contributed by atoms with Crippen molar-refractivity contribution in [1.29, 1.82) is 5.26 Å². The van der Waals surface area contributed by atoms with E-state index in [2.05, 4.69) is 29.0 Å². The minimum atomic E-state index is 0.338. The summed E-state index contributed by atoms with van der Waals surface area (Å²) in [6.45, 7) is 5.79. The Morgan fingerprint density at radius 1 is 1.56 bits per heavy atom. The number of hydrogen-bond acceptors (Lipinski definition) is 4. The summed E-state index contributed by atoms with van der Waals surface area (Å²) in [6.07, 6.45) is 5.13. The largest absolute Gasteiger partial charge is 0.366 e. The van der Waals surface area contributed by atoms with E-state index in [1.165, 1.54) is 0 Å². The van der Waals surface area contributed by atoms with Gasteiger partial charge in [0.15, 0.2) is 5.69 Å². The van der Waals surface area contributed by atoms with E-state index in [0.717, 1.165) is 19.3 Å². The molecule has 1 aromatic rings. The number of nitrogens with one attached hydrogen (secondary N) is 1. The van der Waals surface area contributed by atoms with E-state index in [0.29, 0.717) is 17.6 Å². The van der Waals surface area contributed by atoms with Crippen molar-refractivity contribution in [2.45, 2.75) is 32.2 Å². The van der Waals surface area contributed by atoms with E-state index in [1.54, 1.807) is 12.1 Å². The van der Waals surface area contributed by atoms with Gasteiger partial charge in [-0.1, -0.05) is 6.08 Å². The first-order chi connectivity index (χ1) is 7.76. The Labute approximate surface area is 96.0 Å². The van der Waals surface area contributed by atoms with Gasteiger partial charge in [-0.3, -0.25) is 0 Å². The van der Waals surface area contributed by atoms with Crippen molar-refractivity contribution in [3.63, 3.8) is 0 Å². The van der Waals surface area contributed by atoms with Crippen LogP contribution in [0.1, 0.15) is 31.9 Å². The van der Waals surface area contributed by atoms with E-state index in [9.17, 15) is 0 Å². The number of rotatable bonds is 6. The third kappa shape index (κ3) is 4.09. The molecular formula is C12H16N4. The Morgan fingerprint density at radius 3 is 2.94 bits per heavy atom. The Balaban J connectivity index is 2.40. The zero-order valence-corrected chi connectivity index (χ0v) is 9.48. The molecule has 0 fully saturated rings. The first-order valence-electron chi connectivity index (χ1n) is 5.37. The number of nitriles is 1. The summed E-state index contributed by atoms with van der Waals surface area (Å²) in [7, 11) is 0. The standard InChI is InChI=1S/C12H16N4/c1-3-4-5-6-10(2)14-12-8-7-11(9-13)15-16-12/h3,7-8,10H,1,4-6H2,2H3,(H,14,16). The van der Waals surface area contributed by atoms with Gasteiger partial charge in [-0.05, 0) is 38.3 Å². The first-order valence-corrected chi connectivity index (χ1v) is 5.37. The predicted molar refractivity (Wildman–Crippen MR) is 63.9 cm³/mol. The zero-order chi connectivity index (χ0) is 11.8. The van der Waals surface area contributed by atoms with Crippen molar-refractivity contribution in [2.75, 3.05) is 5.32 Å². The molecule has 1 heterocycles. The van der Waals surface area contributed by atoms with Crippen LogP contribution in [0.25, 0.3) is 0 Å². The van der Waals surface area contributed by atoms with Crippen LogP contribution in [0, 0.1) is 11.3 Å². The van der Waals surface area contributed by atoms with Crippen LogP contribution in [0.15, 0.2) is 24.8 Å². The van der Waals surface area contributed by atoms with Crippen LogP contribution in [0.4, 0.5) is 5.82 Å². The molecule has 1 N–H and O–H groups in total. The molecule has 0 amide bonds. The van der Waals surface area contributed by atoms with E-state index < -0.39 is 0 Å². The molecular weight excluding hydrogens is 200 g/mol. The fraction of sp³-hybridized carbons (Fsp3) is 0.417. The molecule has 4 nitrogen and oxygen atoms in total. The van der Waals surface area contributed by atoms with Crippen LogP contribution >= 0.6 is 0 Å². The maximum Gasteiger partial charge on any atom is 0.163 e. The molecule has 1 atom stereocenters. The summed E-state index contributed by atoms with van der Waals surface area (Å²) in [5.41, 5.74) is 0.338. The molecule has 0 bridgehead atoms. The van der Waals surface area contributed by atoms with Crippen LogP contribution in [0.3, 0.4) is 0 Å². The number of unbranched alkanes of at least 4 members (excludes halogenated alkanes) is 1. The predicted octanol–water partition coefficient (Wildman–Crippen LogP) is 2.50. The summed E-state index contributed by atoms with van der Waals surface area (Å²) in [6, 6.07) is 5.72. The van der Waals surface area contributed by atoms with Gasteiger partial charge in [-0.25, -0.2) is 0 Å². The first kappa shape index (κ1) is 12.2. The van der Waals surface area contributed by atoms with E-state index in [-0.39, 0.29) is 0 Å². The van der Waals surface area contributed by atoms with Gasteiger partial charge < -0.3 is 5.32 Å². The van der Waals surface area contributed by atoms with Crippen molar-refractivity contribution in [3.05, 3.63) is 30.5 Å². The number of aromatic nitrogens is 2. The fourth-order valence-corrected chi connectivity index (χ4v) is 1.36. The lowest BCUT2D eigenvalue weighted by molar-refractivity contribution is 0.659. The zero-order valence-electron chi connectivity index (χ0n) is 9.48. The van der Waals surface area contributed by atoms with Gasteiger partial charge in [0.25, 0.3) is 0 Å². The molecule has 4 heteroatoms. The molecule has 0 aliphatic rings. The van der Waals surface area contributed by atoms with E-state index in [4.69, 9.17) is 5.26 Å². The number of nitrogens with zero attached hydrogens (tertiary/aromatic N) is 3. The Bertz CT molecular complexity index is 364. The van der Waals surface area contributed by atoms with Gasteiger partial charge in [-0.15, -0.1) is 16.8 Å². The molecule has 0 aromatic carbocycles. The molecule has 0 saturated heterocycles. The average molecular weight is 216 g/mol. The summed E-state index contributed by atoms with van der Waals surface area (Å²) in [5, 5.41) is 19.5. The van der Waals surface area contributed by atoms with Gasteiger partial charge in [0.2, 0.25) is 0 Å². The number of hydrogen-bond donors (Lipinski definition) is 1. The van der Waals surface area contributed by atoms with Gasteiger partial charge in [0, 0.05) is 6.04 Å². The second-order valence-corrected chi connectivity index (χ2v) is 3.68. The Morgan fingerprint density at radius 2 is 2.38 bits per heavy atom. The lowest BCUT2D eigenvalue weighted by atomic mass is 10.1. The van der Waals surface area contributed by atoms with E-state index in [1.807, 2.05) is 12.1 Å². The highest BCUT2D eigenvalue weighted by Gasteiger charge is 2.02. The SMILES string of the molecule is C=CCCCC(C)Nc1ccc(C#N)nn1. The van der Waals surface area contributed by atoms with Crippen molar-refractivity contribution in [3.8, 4) is 6.07 Å². The van der Waals surface area contributed by atoms with Crippen molar-refractivity contribution in [2.24, 2.45) is 0 Å². The smallest absolute Gasteiger partial charge is 0.163 e. The molecule has 84 valence electrons. The third-order valence-corrected chi connectivity index (χ3v) is 2.22. The molecule has 0 spiro atoms. The van der Waals surface area contributed by atoms with Crippen LogP contribution in [-0.2, 0) is 0 Å². The molecule has 0 aliphatic carbocycles. The molecule has 0 radical (unpaired) electrons. The van der Waals surface area contributed by atoms with Crippen LogP contribution in [0.2, 0.25) is 0 Å². The quantitative estimate of drug-likeness (QED) is 0.586. The minimum absolute atomic E-state index is 0.338. The third-order valence-electron chi connectivity index (χ3n) is 2.22. The van der Waals surface area contributed by atoms with Crippen molar-refractivity contribution < 1.29 is 0 Å². The van der Waals surface area contributed by atoms with Gasteiger partial charge in [0.1, 0.15) is 11.9 Å². The highest BCUT2D eigenvalue weighted by molar-refractivity contribution is 5.35. The second kappa shape index (κ2) is 6.57. The lowest BCUT2D eigenvalue weighted by Crippen LogP contribution is -2.16. The summed E-state index contributed by atoms with van der Waals surface area (Å²) in [5.74, 6) is 0.713. The molecule has 1 rings (SSSR count). The Kier molecular flexibility index (Phi) is 5.00. The van der Waals surface area contributed by atoms with Gasteiger partial charge in [0.05, 0.1) is 0 Å². The van der Waals surface area contributed by atoms with Crippen LogP contribution in [-0.4, -0.2) is 16.2 Å². The highest BCUT2D eigenvalue weighted by atomic mass is 15.2. The van der Waals surface area contributed by atoms with Crippen molar-refractivity contribution in [1.82, 2.24) is 10.2 Å². The molecule has 0 aliphatic heterocycles. The molecule has 16 heavy (non-hydrogen) atoms. The number of anilines is 1. The minimum Gasteiger partial charge on any atom is -0.366 e. The summed E-state index contributed by atoms with van der Waals surface area (Å²) in [4.78, 5) is 0. The van der Waals surface area contributed by atoms with Gasteiger partial charge >= 0.3 is 0 Å².